The summed E-state index contributed by atoms with van der Waals surface area (Å²) < 4.78 is 23.0. The number of aryl methyl sites for hydroxylation is 1. The second-order valence-electron chi connectivity index (χ2n) is 11.3. The Morgan fingerprint density at radius 3 is 2.40 bits per heavy atom. The van der Waals surface area contributed by atoms with E-state index >= 15 is 0 Å². The van der Waals surface area contributed by atoms with Gasteiger partial charge in [0.05, 0.1) is 38.5 Å². The molecule has 45 heavy (non-hydrogen) atoms. The third-order valence-corrected chi connectivity index (χ3v) is 8.17. The Kier molecular flexibility index (Phi) is 10.8. The number of carbonyl (C=O) groups excluding carboxylic acids is 2. The van der Waals surface area contributed by atoms with Crippen molar-refractivity contribution in [3.05, 3.63) is 94.6 Å². The average molecular weight is 615 g/mol. The summed E-state index contributed by atoms with van der Waals surface area (Å²) in [6.45, 7) is 9.02. The summed E-state index contributed by atoms with van der Waals surface area (Å²) in [4.78, 5) is 31.1. The number of aliphatic hydroxyl groups is 1. The Morgan fingerprint density at radius 1 is 0.933 bits per heavy atom. The van der Waals surface area contributed by atoms with Crippen molar-refractivity contribution in [3.63, 3.8) is 0 Å². The van der Waals surface area contributed by atoms with Crippen LogP contribution >= 0.6 is 0 Å². The number of morpholine rings is 1. The first kappa shape index (κ1) is 32.1. The Balaban J connectivity index is 1.48. The summed E-state index contributed by atoms with van der Waals surface area (Å²) in [6.07, 6.45) is 1.54. The molecule has 1 atom stereocenters. The number of ether oxygens (including phenoxy) is 4. The molecular weight excluding hydrogens is 572 g/mol. The first-order valence-corrected chi connectivity index (χ1v) is 15.6. The topological polar surface area (TPSA) is 97.8 Å². The van der Waals surface area contributed by atoms with E-state index < -0.39 is 17.7 Å². The van der Waals surface area contributed by atoms with Gasteiger partial charge in [-0.2, -0.15) is 0 Å². The smallest absolute Gasteiger partial charge is 0.295 e. The average Bonchev–Trinajstić information content (AvgIpc) is 3.32. The molecular formula is C36H42N2O7. The third kappa shape index (κ3) is 7.49. The highest BCUT2D eigenvalue weighted by atomic mass is 16.5. The number of methoxy groups -OCH3 is 1. The van der Waals surface area contributed by atoms with E-state index in [0.717, 1.165) is 37.2 Å². The van der Waals surface area contributed by atoms with Crippen LogP contribution in [-0.2, 0) is 20.9 Å². The number of aliphatic hydroxyl groups excluding tert-OH is 1. The van der Waals surface area contributed by atoms with Crippen LogP contribution in [0.5, 0.6) is 17.2 Å². The molecule has 2 aliphatic rings. The van der Waals surface area contributed by atoms with Gasteiger partial charge in [-0.25, -0.2) is 0 Å². The number of nitrogens with zero attached hydrogens (tertiary/aromatic N) is 2. The molecule has 1 unspecified atom stereocenters. The largest absolute Gasteiger partial charge is 0.507 e. The highest BCUT2D eigenvalue weighted by molar-refractivity contribution is 6.46. The molecule has 238 valence electrons. The summed E-state index contributed by atoms with van der Waals surface area (Å²) in [5.41, 5.74) is 2.98. The minimum absolute atomic E-state index is 0.0491. The molecule has 3 aromatic carbocycles. The number of carbonyl (C=O) groups is 2. The molecule has 9 heteroatoms. The van der Waals surface area contributed by atoms with Crippen LogP contribution in [0.1, 0.15) is 48.1 Å². The lowest BCUT2D eigenvalue weighted by atomic mass is 9.94. The van der Waals surface area contributed by atoms with E-state index in [-0.39, 0.29) is 11.3 Å². The van der Waals surface area contributed by atoms with Crippen molar-refractivity contribution < 1.29 is 33.6 Å². The van der Waals surface area contributed by atoms with E-state index in [1.165, 1.54) is 0 Å². The van der Waals surface area contributed by atoms with Crippen molar-refractivity contribution in [3.8, 4) is 17.2 Å². The molecule has 0 aromatic heterocycles. The Bertz CT molecular complexity index is 1520. The van der Waals surface area contributed by atoms with E-state index in [1.54, 1.807) is 42.3 Å². The minimum atomic E-state index is -0.803. The zero-order valence-corrected chi connectivity index (χ0v) is 26.3. The van der Waals surface area contributed by atoms with E-state index in [4.69, 9.17) is 18.9 Å². The Labute approximate surface area is 265 Å². The quantitative estimate of drug-likeness (QED) is 0.153. The molecule has 2 heterocycles. The Hall–Kier alpha value is -4.34. The van der Waals surface area contributed by atoms with E-state index in [2.05, 4.69) is 4.90 Å². The molecule has 0 radical (unpaired) electrons. The fourth-order valence-corrected chi connectivity index (χ4v) is 5.78. The molecule has 3 aromatic rings. The number of likely N-dealkylation sites (tertiary alicyclic amines) is 1. The standard InChI is InChI=1S/C36H42N2O7/c1-4-19-44-29-13-12-28(22-25(29)2)34(39)32-33(38(36(41)35(32)40)16-8-15-37-17-20-43-21-18-37)27-11-14-30(31(23-27)42-3)45-24-26-9-6-5-7-10-26/h5-7,9-14,22-23,33,39H,4,8,15-21,24H2,1-3H3/b34-32+. The fourth-order valence-electron chi connectivity index (χ4n) is 5.78. The molecule has 1 amide bonds. The van der Waals surface area contributed by atoms with Crippen molar-refractivity contribution >= 4 is 17.4 Å². The van der Waals surface area contributed by atoms with Crippen LogP contribution < -0.4 is 14.2 Å². The summed E-state index contributed by atoms with van der Waals surface area (Å²) in [7, 11) is 1.55. The van der Waals surface area contributed by atoms with Crippen LogP contribution in [-0.4, -0.2) is 79.7 Å². The van der Waals surface area contributed by atoms with E-state index in [9.17, 15) is 14.7 Å². The highest BCUT2D eigenvalue weighted by Gasteiger charge is 2.46. The number of benzene rings is 3. The molecule has 0 saturated carbocycles. The van der Waals surface area contributed by atoms with Gasteiger partial charge in [0.2, 0.25) is 0 Å². The predicted octanol–water partition coefficient (Wildman–Crippen LogP) is 5.52. The van der Waals surface area contributed by atoms with Crippen LogP contribution in [0.3, 0.4) is 0 Å². The number of hydrogen-bond donors (Lipinski definition) is 1. The summed E-state index contributed by atoms with van der Waals surface area (Å²) in [5.74, 6) is 0.151. The molecule has 1 N–H and O–H groups in total. The van der Waals surface area contributed by atoms with Gasteiger partial charge in [0.25, 0.3) is 11.7 Å². The number of ketones is 1. The van der Waals surface area contributed by atoms with Crippen molar-refractivity contribution in [2.24, 2.45) is 0 Å². The number of Topliss-reactive ketones (excluding diaryl/α,β-unsaturated/α-hetero) is 1. The van der Waals surface area contributed by atoms with Gasteiger partial charge < -0.3 is 29.0 Å². The van der Waals surface area contributed by atoms with Gasteiger partial charge in [-0.1, -0.05) is 43.3 Å². The molecule has 2 fully saturated rings. The Morgan fingerprint density at radius 2 is 1.69 bits per heavy atom. The van der Waals surface area contributed by atoms with Gasteiger partial charge in [-0.15, -0.1) is 0 Å². The molecule has 0 spiro atoms. The predicted molar refractivity (Wildman–Crippen MR) is 172 cm³/mol. The first-order chi connectivity index (χ1) is 21.9. The first-order valence-electron chi connectivity index (χ1n) is 15.6. The van der Waals surface area contributed by atoms with Gasteiger partial charge in [0, 0.05) is 31.7 Å². The lowest BCUT2D eigenvalue weighted by Gasteiger charge is -2.29. The maximum Gasteiger partial charge on any atom is 0.295 e. The molecule has 5 rings (SSSR count). The van der Waals surface area contributed by atoms with Crippen molar-refractivity contribution in [2.75, 3.05) is 53.1 Å². The molecule has 2 saturated heterocycles. The maximum atomic E-state index is 13.6. The summed E-state index contributed by atoms with van der Waals surface area (Å²) in [5, 5.41) is 11.6. The lowest BCUT2D eigenvalue weighted by molar-refractivity contribution is -0.140. The van der Waals surface area contributed by atoms with Gasteiger partial charge in [0.15, 0.2) is 11.5 Å². The third-order valence-electron chi connectivity index (χ3n) is 8.17. The van der Waals surface area contributed by atoms with Gasteiger partial charge in [0.1, 0.15) is 18.1 Å². The van der Waals surface area contributed by atoms with Gasteiger partial charge in [-0.05, 0) is 66.8 Å². The molecule has 0 bridgehead atoms. The SMILES string of the molecule is CCCOc1ccc(/C(O)=C2\C(=O)C(=O)N(CCCN3CCOCC3)C2c2ccc(OCc3ccccc3)c(OC)c2)cc1C. The maximum absolute atomic E-state index is 13.6. The normalized spacial score (nSPS) is 18.3. The van der Waals surface area contributed by atoms with Crippen LogP contribution in [0, 0.1) is 6.92 Å². The summed E-state index contributed by atoms with van der Waals surface area (Å²) >= 11 is 0. The molecule has 2 aliphatic heterocycles. The van der Waals surface area contributed by atoms with E-state index in [0.29, 0.717) is 67.8 Å². The number of amides is 1. The van der Waals surface area contributed by atoms with Gasteiger partial charge >= 0.3 is 0 Å². The van der Waals surface area contributed by atoms with E-state index in [1.807, 2.05) is 50.2 Å². The second-order valence-corrected chi connectivity index (χ2v) is 11.3. The van der Waals surface area contributed by atoms with Crippen LogP contribution in [0.25, 0.3) is 5.76 Å². The number of hydrogen-bond acceptors (Lipinski definition) is 8. The van der Waals surface area contributed by atoms with Crippen LogP contribution in [0.4, 0.5) is 0 Å². The number of rotatable bonds is 13. The molecule has 0 aliphatic carbocycles. The highest BCUT2D eigenvalue weighted by Crippen LogP contribution is 2.42. The van der Waals surface area contributed by atoms with Crippen molar-refractivity contribution in [1.29, 1.82) is 0 Å². The lowest BCUT2D eigenvalue weighted by Crippen LogP contribution is -2.39. The van der Waals surface area contributed by atoms with Crippen molar-refractivity contribution in [2.45, 2.75) is 39.3 Å². The fraction of sp³-hybridized carbons (Fsp3) is 0.389. The van der Waals surface area contributed by atoms with Crippen LogP contribution in [0.15, 0.2) is 72.3 Å². The molecule has 9 nitrogen and oxygen atoms in total. The van der Waals surface area contributed by atoms with Crippen molar-refractivity contribution in [1.82, 2.24) is 9.80 Å². The zero-order chi connectivity index (χ0) is 31.8. The second kappa shape index (κ2) is 15.1. The zero-order valence-electron chi connectivity index (χ0n) is 26.3. The monoisotopic (exact) mass is 614 g/mol. The van der Waals surface area contributed by atoms with Crippen LogP contribution in [0.2, 0.25) is 0 Å². The van der Waals surface area contributed by atoms with Gasteiger partial charge in [-0.3, -0.25) is 14.5 Å². The summed E-state index contributed by atoms with van der Waals surface area (Å²) in [6, 6.07) is 19.7. The minimum Gasteiger partial charge on any atom is -0.507 e.